The third kappa shape index (κ3) is 2.40. The number of nitrogens with one attached hydrogen (secondary N) is 2. The minimum Gasteiger partial charge on any atom is -0.385 e. The van der Waals surface area contributed by atoms with Crippen LogP contribution in [0.1, 0.15) is 28.8 Å². The van der Waals surface area contributed by atoms with Gasteiger partial charge >= 0.3 is 0 Å². The van der Waals surface area contributed by atoms with E-state index in [4.69, 9.17) is 11.6 Å². The Morgan fingerprint density at radius 3 is 2.85 bits per heavy atom. The van der Waals surface area contributed by atoms with E-state index in [0.717, 1.165) is 16.5 Å². The molecule has 1 amide bonds. The molecule has 6 nitrogen and oxygen atoms in total. The van der Waals surface area contributed by atoms with E-state index in [1.807, 2.05) is 12.1 Å². The number of aromatic amines is 1. The fourth-order valence-corrected chi connectivity index (χ4v) is 4.65. The van der Waals surface area contributed by atoms with Crippen LogP contribution in [0.4, 0.5) is 0 Å². The molecule has 132 valence electrons. The van der Waals surface area contributed by atoms with Crippen LogP contribution in [0.5, 0.6) is 0 Å². The molecule has 3 aromatic rings. The number of benzene rings is 1. The summed E-state index contributed by atoms with van der Waals surface area (Å²) in [5, 5.41) is 22.8. The van der Waals surface area contributed by atoms with E-state index >= 15 is 0 Å². The van der Waals surface area contributed by atoms with Gasteiger partial charge in [-0.1, -0.05) is 11.6 Å². The summed E-state index contributed by atoms with van der Waals surface area (Å²) in [6.07, 6.45) is 6.15. The van der Waals surface area contributed by atoms with Gasteiger partial charge in [-0.15, -0.1) is 0 Å². The summed E-state index contributed by atoms with van der Waals surface area (Å²) in [6.45, 7) is 0. The molecule has 4 atom stereocenters. The van der Waals surface area contributed by atoms with Crippen molar-refractivity contribution >= 4 is 28.4 Å². The molecule has 0 spiro atoms. The summed E-state index contributed by atoms with van der Waals surface area (Å²) in [7, 11) is 0. The molecule has 2 aliphatic rings. The zero-order valence-corrected chi connectivity index (χ0v) is 14.6. The number of H-pyrrole nitrogens is 1. The lowest BCUT2D eigenvalue weighted by Gasteiger charge is -2.27. The highest BCUT2D eigenvalue weighted by Crippen LogP contribution is 2.60. The van der Waals surface area contributed by atoms with Gasteiger partial charge in [-0.2, -0.15) is 5.10 Å². The zero-order chi connectivity index (χ0) is 17.9. The average Bonchev–Trinajstić information content (AvgIpc) is 3.01. The molecule has 0 aliphatic heterocycles. The Morgan fingerprint density at radius 2 is 2.12 bits per heavy atom. The fraction of sp³-hybridized carbons (Fsp3) is 0.316. The molecule has 2 fully saturated rings. The number of pyridine rings is 1. The second-order valence-corrected chi connectivity index (χ2v) is 7.73. The molecule has 0 saturated heterocycles. The van der Waals surface area contributed by atoms with Crippen molar-refractivity contribution in [2.24, 2.45) is 11.8 Å². The van der Waals surface area contributed by atoms with Gasteiger partial charge < -0.3 is 10.4 Å². The zero-order valence-electron chi connectivity index (χ0n) is 13.8. The van der Waals surface area contributed by atoms with Gasteiger partial charge in [-0.05, 0) is 54.5 Å². The fourth-order valence-electron chi connectivity index (χ4n) is 4.43. The van der Waals surface area contributed by atoms with Gasteiger partial charge in [0.05, 0.1) is 22.9 Å². The number of carbonyl (C=O) groups excluding carboxylic acids is 1. The third-order valence-corrected chi connectivity index (χ3v) is 5.94. The van der Waals surface area contributed by atoms with Crippen LogP contribution in [0.2, 0.25) is 5.02 Å². The number of nitrogens with zero attached hydrogens (tertiary/aromatic N) is 2. The summed E-state index contributed by atoms with van der Waals surface area (Å²) in [4.78, 5) is 16.3. The van der Waals surface area contributed by atoms with Crippen molar-refractivity contribution in [2.75, 3.05) is 0 Å². The van der Waals surface area contributed by atoms with Gasteiger partial charge in [-0.25, -0.2) is 0 Å². The first-order valence-corrected chi connectivity index (χ1v) is 8.99. The smallest absolute Gasteiger partial charge is 0.253 e. The van der Waals surface area contributed by atoms with E-state index in [2.05, 4.69) is 20.5 Å². The number of halogens is 1. The van der Waals surface area contributed by atoms with Crippen LogP contribution < -0.4 is 5.32 Å². The molecule has 1 aromatic carbocycles. The second-order valence-electron chi connectivity index (χ2n) is 7.29. The van der Waals surface area contributed by atoms with E-state index < -0.39 is 5.60 Å². The molecule has 0 unspecified atom stereocenters. The lowest BCUT2D eigenvalue weighted by atomic mass is 9.86. The predicted molar refractivity (Wildman–Crippen MR) is 96.7 cm³/mol. The Kier molecular flexibility index (Phi) is 3.36. The quantitative estimate of drug-likeness (QED) is 0.662. The van der Waals surface area contributed by atoms with Crippen molar-refractivity contribution < 1.29 is 9.90 Å². The van der Waals surface area contributed by atoms with E-state index in [1.54, 1.807) is 30.7 Å². The molecule has 2 heterocycles. The van der Waals surface area contributed by atoms with Crippen molar-refractivity contribution in [3.8, 4) is 0 Å². The van der Waals surface area contributed by atoms with Gasteiger partial charge in [0.2, 0.25) is 0 Å². The van der Waals surface area contributed by atoms with Crippen molar-refractivity contribution in [1.29, 1.82) is 0 Å². The Labute approximate surface area is 154 Å². The molecular formula is C19H17ClN4O2. The van der Waals surface area contributed by atoms with Crippen molar-refractivity contribution in [3.05, 3.63) is 59.0 Å². The van der Waals surface area contributed by atoms with Gasteiger partial charge in [0.25, 0.3) is 5.91 Å². The van der Waals surface area contributed by atoms with Crippen molar-refractivity contribution in [2.45, 2.75) is 24.5 Å². The maximum Gasteiger partial charge on any atom is 0.253 e. The number of amides is 1. The van der Waals surface area contributed by atoms with Crippen LogP contribution >= 0.6 is 11.6 Å². The summed E-state index contributed by atoms with van der Waals surface area (Å²) in [5.41, 5.74) is 1.27. The highest BCUT2D eigenvalue weighted by atomic mass is 35.5. The Bertz CT molecular complexity index is 991. The standard InChI is InChI=1S/C19H17ClN4O2/c20-11-4-15(14-9-22-24-16(14)5-11)19(26)6-12-13(7-19)17(12)23-18(25)10-2-1-3-21-8-10/h1-5,8-9,12-13,17,26H,6-7H2,(H,22,24)(H,23,25)/t12-,13+,17-,19+. The number of aliphatic hydroxyl groups is 1. The van der Waals surface area contributed by atoms with E-state index in [0.29, 0.717) is 23.4 Å². The van der Waals surface area contributed by atoms with E-state index in [-0.39, 0.29) is 23.8 Å². The Hall–Kier alpha value is -2.44. The lowest BCUT2D eigenvalue weighted by molar-refractivity contribution is 0.0293. The third-order valence-electron chi connectivity index (χ3n) is 5.72. The molecule has 2 aromatic heterocycles. The second kappa shape index (κ2) is 5.53. The number of rotatable bonds is 3. The molecule has 7 heteroatoms. The molecular weight excluding hydrogens is 352 g/mol. The first kappa shape index (κ1) is 15.8. The maximum absolute atomic E-state index is 12.3. The molecule has 2 saturated carbocycles. The van der Waals surface area contributed by atoms with E-state index in [9.17, 15) is 9.90 Å². The van der Waals surface area contributed by atoms with Gasteiger partial charge in [-0.3, -0.25) is 14.9 Å². The normalized spacial score (nSPS) is 29.5. The van der Waals surface area contributed by atoms with Gasteiger partial charge in [0.15, 0.2) is 0 Å². The summed E-state index contributed by atoms with van der Waals surface area (Å²) < 4.78 is 0. The number of fused-ring (bicyclic) bond motifs is 2. The van der Waals surface area contributed by atoms with Crippen LogP contribution in [0.15, 0.2) is 42.9 Å². The van der Waals surface area contributed by atoms with Crippen LogP contribution in [0.3, 0.4) is 0 Å². The highest BCUT2D eigenvalue weighted by molar-refractivity contribution is 6.31. The van der Waals surface area contributed by atoms with Crippen molar-refractivity contribution in [1.82, 2.24) is 20.5 Å². The lowest BCUT2D eigenvalue weighted by Crippen LogP contribution is -2.33. The maximum atomic E-state index is 12.3. The van der Waals surface area contributed by atoms with E-state index in [1.165, 1.54) is 0 Å². The van der Waals surface area contributed by atoms with Crippen molar-refractivity contribution in [3.63, 3.8) is 0 Å². The first-order chi connectivity index (χ1) is 12.5. The molecule has 0 bridgehead atoms. The molecule has 0 radical (unpaired) electrons. The first-order valence-electron chi connectivity index (χ1n) is 8.61. The number of aromatic nitrogens is 3. The SMILES string of the molecule is O=C(N[C@@H]1[C@@H]2C[C@@](O)(c3cc(Cl)cc4[nH]ncc34)C[C@@H]21)c1cccnc1. The number of hydrogen-bond donors (Lipinski definition) is 3. The summed E-state index contributed by atoms with van der Waals surface area (Å²) in [6, 6.07) is 7.24. The van der Waals surface area contributed by atoms with Crippen LogP contribution in [0, 0.1) is 11.8 Å². The topological polar surface area (TPSA) is 90.9 Å². The van der Waals surface area contributed by atoms with Gasteiger partial charge in [0.1, 0.15) is 0 Å². The molecule has 2 aliphatic carbocycles. The Morgan fingerprint density at radius 1 is 1.31 bits per heavy atom. The van der Waals surface area contributed by atoms with Crippen LogP contribution in [-0.4, -0.2) is 32.2 Å². The minimum absolute atomic E-state index is 0.110. The predicted octanol–water partition coefficient (Wildman–Crippen LogP) is 2.64. The molecule has 26 heavy (non-hydrogen) atoms. The highest BCUT2D eigenvalue weighted by Gasteiger charge is 2.62. The molecule has 3 N–H and O–H groups in total. The van der Waals surface area contributed by atoms with Crippen LogP contribution in [-0.2, 0) is 5.60 Å². The molecule has 5 rings (SSSR count). The summed E-state index contributed by atoms with van der Waals surface area (Å²) in [5.74, 6) is 0.448. The number of carbonyl (C=O) groups is 1. The monoisotopic (exact) mass is 368 g/mol. The minimum atomic E-state index is -0.933. The largest absolute Gasteiger partial charge is 0.385 e. The van der Waals surface area contributed by atoms with Gasteiger partial charge in [0, 0.05) is 28.8 Å². The van der Waals surface area contributed by atoms with Crippen LogP contribution in [0.25, 0.3) is 10.9 Å². The Balaban J connectivity index is 1.34. The number of hydrogen-bond acceptors (Lipinski definition) is 4. The summed E-state index contributed by atoms with van der Waals surface area (Å²) >= 11 is 6.21. The average molecular weight is 369 g/mol.